The number of hydrogen-bond acceptors (Lipinski definition) is 6. The number of nitro benzene ring substituents is 1. The lowest BCUT2D eigenvalue weighted by Gasteiger charge is -2.26. The molecule has 0 radical (unpaired) electrons. The number of carbonyl (C=O) groups is 2. The van der Waals surface area contributed by atoms with E-state index in [0.29, 0.717) is 12.8 Å². The van der Waals surface area contributed by atoms with Crippen LogP contribution in [0.3, 0.4) is 0 Å². The van der Waals surface area contributed by atoms with Crippen molar-refractivity contribution in [1.82, 2.24) is 14.1 Å². The Morgan fingerprint density at radius 2 is 0.830 bits per heavy atom. The first kappa shape index (κ1) is 48.5. The van der Waals surface area contributed by atoms with Gasteiger partial charge in [0.05, 0.1) is 9.82 Å². The third-order valence-corrected chi connectivity index (χ3v) is 12.0. The Labute approximate surface area is 324 Å². The Kier molecular flexibility index (Phi) is 28.1. The second kappa shape index (κ2) is 30.8. The van der Waals surface area contributed by atoms with E-state index in [-0.39, 0.29) is 48.3 Å². The van der Waals surface area contributed by atoms with Gasteiger partial charge in [-0.1, -0.05) is 130 Å². The highest BCUT2D eigenvalue weighted by molar-refractivity contribution is 7.89. The summed E-state index contributed by atoms with van der Waals surface area (Å²) >= 11 is 0. The molecule has 0 saturated carbocycles. The van der Waals surface area contributed by atoms with E-state index in [1.165, 1.54) is 106 Å². The summed E-state index contributed by atoms with van der Waals surface area (Å²) in [6, 6.07) is 4.95. The maximum Gasteiger partial charge on any atom is 0.269 e. The van der Waals surface area contributed by atoms with Crippen LogP contribution < -0.4 is 0 Å². The molecule has 0 aliphatic carbocycles. The first-order valence-corrected chi connectivity index (χ1v) is 22.9. The molecule has 0 heterocycles. The summed E-state index contributed by atoms with van der Waals surface area (Å²) < 4.78 is 29.2. The van der Waals surface area contributed by atoms with Crippen LogP contribution in [0, 0.1) is 10.1 Å². The fourth-order valence-corrected chi connectivity index (χ4v) is 8.23. The largest absolute Gasteiger partial charge is 0.343 e. The fourth-order valence-electron chi connectivity index (χ4n) is 6.72. The number of nitrogens with zero attached hydrogens (tertiary/aromatic N) is 4. The van der Waals surface area contributed by atoms with Crippen LogP contribution in [0.2, 0.25) is 0 Å². The quantitative estimate of drug-likeness (QED) is 0.0385. The molecule has 306 valence electrons. The van der Waals surface area contributed by atoms with Gasteiger partial charge in [-0.15, -0.1) is 0 Å². The monoisotopic (exact) mass is 765 g/mol. The molecular formula is C42H76N4O6S. The molecular weight excluding hydrogens is 689 g/mol. The number of sulfonamides is 1. The molecule has 0 saturated heterocycles. The van der Waals surface area contributed by atoms with E-state index in [2.05, 4.69) is 27.7 Å². The van der Waals surface area contributed by atoms with Crippen LogP contribution in [0.15, 0.2) is 29.2 Å². The van der Waals surface area contributed by atoms with Gasteiger partial charge < -0.3 is 9.80 Å². The normalized spacial score (nSPS) is 11.6. The van der Waals surface area contributed by atoms with Crippen molar-refractivity contribution in [2.45, 2.75) is 187 Å². The van der Waals surface area contributed by atoms with E-state index in [1.54, 1.807) is 0 Å². The van der Waals surface area contributed by atoms with E-state index < -0.39 is 14.9 Å². The summed E-state index contributed by atoms with van der Waals surface area (Å²) in [6.45, 7) is 12.0. The summed E-state index contributed by atoms with van der Waals surface area (Å²) in [7, 11) is -4.01. The van der Waals surface area contributed by atoms with Crippen LogP contribution in [-0.2, 0) is 19.6 Å². The maximum absolute atomic E-state index is 13.9. The van der Waals surface area contributed by atoms with Crippen molar-refractivity contribution >= 4 is 27.5 Å². The number of non-ortho nitro benzene ring substituents is 1. The molecule has 0 bridgehead atoms. The van der Waals surface area contributed by atoms with Gasteiger partial charge in [0, 0.05) is 64.2 Å². The molecule has 0 aliphatic rings. The van der Waals surface area contributed by atoms with Crippen LogP contribution in [0.1, 0.15) is 182 Å². The highest BCUT2D eigenvalue weighted by Gasteiger charge is 2.26. The molecule has 0 atom stereocenters. The zero-order valence-electron chi connectivity index (χ0n) is 34.2. The highest BCUT2D eigenvalue weighted by atomic mass is 32.2. The molecule has 1 aromatic carbocycles. The number of unbranched alkanes of at least 4 members (excludes halogenated alkanes) is 16. The van der Waals surface area contributed by atoms with E-state index in [4.69, 9.17) is 0 Å². The Morgan fingerprint density at radius 3 is 1.13 bits per heavy atom. The van der Waals surface area contributed by atoms with Gasteiger partial charge in [0.1, 0.15) is 0 Å². The standard InChI is InChI=1S/C42H76N4O6S/c1-5-9-13-17-21-33-43(34-22-18-14-10-6-2)41(47)27-25-37-45(53(51,52)40-31-29-39(30-32-40)46(49)50)38-26-28-42(48)44(35-23-19-15-11-7-3)36-24-20-16-12-8-4/h29-32H,5-28,33-38H2,1-4H3. The summed E-state index contributed by atoms with van der Waals surface area (Å²) in [6.07, 6.45) is 23.7. The Balaban J connectivity index is 3.01. The van der Waals surface area contributed by atoms with Crippen LogP contribution >= 0.6 is 0 Å². The lowest BCUT2D eigenvalue weighted by molar-refractivity contribution is -0.384. The van der Waals surface area contributed by atoms with Gasteiger partial charge >= 0.3 is 0 Å². The van der Waals surface area contributed by atoms with Gasteiger partial charge in [0.2, 0.25) is 21.8 Å². The third-order valence-electron chi connectivity index (χ3n) is 10.1. The lowest BCUT2D eigenvalue weighted by Crippen LogP contribution is -2.37. The predicted molar refractivity (Wildman–Crippen MR) is 219 cm³/mol. The molecule has 0 fully saturated rings. The SMILES string of the molecule is CCCCCCCN(CCCCCCC)C(=O)CCCN(CCCC(=O)N(CCCCCCC)CCCCCCC)S(=O)(=O)c1ccc([N+](=O)[O-])cc1. The molecule has 53 heavy (non-hydrogen) atoms. The maximum atomic E-state index is 13.9. The van der Waals surface area contributed by atoms with Crippen molar-refractivity contribution in [1.29, 1.82) is 0 Å². The number of carbonyl (C=O) groups excluding carboxylic acids is 2. The van der Waals surface area contributed by atoms with Gasteiger partial charge in [0.15, 0.2) is 0 Å². The number of rotatable bonds is 35. The van der Waals surface area contributed by atoms with Gasteiger partial charge in [-0.05, 0) is 50.7 Å². The van der Waals surface area contributed by atoms with E-state index in [0.717, 1.165) is 77.5 Å². The van der Waals surface area contributed by atoms with Gasteiger partial charge in [0.25, 0.3) is 5.69 Å². The zero-order chi connectivity index (χ0) is 39.2. The molecule has 1 rings (SSSR count). The second-order valence-corrected chi connectivity index (χ2v) is 16.7. The average molecular weight is 765 g/mol. The van der Waals surface area contributed by atoms with Crippen LogP contribution in [0.25, 0.3) is 0 Å². The fraction of sp³-hybridized carbons (Fsp3) is 0.810. The first-order valence-electron chi connectivity index (χ1n) is 21.4. The average Bonchev–Trinajstić information content (AvgIpc) is 3.15. The smallest absolute Gasteiger partial charge is 0.269 e. The molecule has 11 heteroatoms. The van der Waals surface area contributed by atoms with Crippen LogP contribution in [0.5, 0.6) is 0 Å². The van der Waals surface area contributed by atoms with E-state index >= 15 is 0 Å². The molecule has 0 aromatic heterocycles. The van der Waals surface area contributed by atoms with Crippen LogP contribution in [-0.4, -0.2) is 78.5 Å². The second-order valence-electron chi connectivity index (χ2n) is 14.8. The molecule has 1 aromatic rings. The molecule has 0 spiro atoms. The number of nitro groups is 1. The van der Waals surface area contributed by atoms with Crippen molar-refractivity contribution in [3.63, 3.8) is 0 Å². The first-order chi connectivity index (χ1) is 25.6. The zero-order valence-corrected chi connectivity index (χ0v) is 35.0. The Bertz CT molecular complexity index is 1130. The minimum atomic E-state index is -4.01. The summed E-state index contributed by atoms with van der Waals surface area (Å²) in [5.74, 6) is 0.125. The summed E-state index contributed by atoms with van der Waals surface area (Å²) in [4.78, 5) is 41.6. The summed E-state index contributed by atoms with van der Waals surface area (Å²) in [5.41, 5.74) is -0.180. The Hall–Kier alpha value is -2.53. The summed E-state index contributed by atoms with van der Waals surface area (Å²) in [5, 5.41) is 11.2. The van der Waals surface area contributed by atoms with Crippen molar-refractivity contribution in [3.05, 3.63) is 34.4 Å². The molecule has 0 aliphatic heterocycles. The number of benzene rings is 1. The van der Waals surface area contributed by atoms with Gasteiger partial charge in [-0.25, -0.2) is 8.42 Å². The Morgan fingerprint density at radius 1 is 0.509 bits per heavy atom. The minimum Gasteiger partial charge on any atom is -0.343 e. The number of amides is 2. The van der Waals surface area contributed by atoms with Crippen molar-refractivity contribution in [3.8, 4) is 0 Å². The van der Waals surface area contributed by atoms with E-state index in [9.17, 15) is 28.1 Å². The van der Waals surface area contributed by atoms with Crippen molar-refractivity contribution in [2.24, 2.45) is 0 Å². The van der Waals surface area contributed by atoms with Gasteiger partial charge in [-0.2, -0.15) is 4.31 Å². The minimum absolute atomic E-state index is 0.0256. The third kappa shape index (κ3) is 21.8. The van der Waals surface area contributed by atoms with Gasteiger partial charge in [-0.3, -0.25) is 19.7 Å². The number of hydrogen-bond donors (Lipinski definition) is 0. The highest BCUT2D eigenvalue weighted by Crippen LogP contribution is 2.21. The van der Waals surface area contributed by atoms with Crippen molar-refractivity contribution < 1.29 is 22.9 Å². The van der Waals surface area contributed by atoms with Crippen molar-refractivity contribution in [2.75, 3.05) is 39.3 Å². The lowest BCUT2D eigenvalue weighted by atomic mass is 10.1. The topological polar surface area (TPSA) is 121 Å². The predicted octanol–water partition coefficient (Wildman–Crippen LogP) is 10.7. The molecule has 2 amide bonds. The van der Waals surface area contributed by atoms with Crippen LogP contribution in [0.4, 0.5) is 5.69 Å². The van der Waals surface area contributed by atoms with E-state index in [1.807, 2.05) is 9.80 Å². The molecule has 0 unspecified atom stereocenters. The molecule has 0 N–H and O–H groups in total. The molecule has 10 nitrogen and oxygen atoms in total.